The fourth-order valence-electron chi connectivity index (χ4n) is 0.760. The first-order chi connectivity index (χ1) is 9.47. The molecule has 2 aromatic heterocycles. The van der Waals surface area contributed by atoms with E-state index < -0.39 is 17.0 Å². The zero-order chi connectivity index (χ0) is 15.0. The van der Waals surface area contributed by atoms with Crippen LogP contribution in [0.4, 0.5) is 0 Å². The summed E-state index contributed by atoms with van der Waals surface area (Å²) in [5.74, 6) is 1.23. The molecule has 0 aromatic carbocycles. The van der Waals surface area contributed by atoms with Gasteiger partial charge < -0.3 is 0 Å². The molecule has 1 aliphatic heterocycles. The number of nitrogens with one attached hydrogen (secondary N) is 3. The van der Waals surface area contributed by atoms with E-state index in [4.69, 9.17) is 0 Å². The number of nitrogens with zero attached hydrogens (tertiary/aromatic N) is 5. The van der Waals surface area contributed by atoms with E-state index in [0.717, 1.165) is 0 Å². The van der Waals surface area contributed by atoms with Gasteiger partial charge in [-0.1, -0.05) is 10.4 Å². The zero-order valence-corrected chi connectivity index (χ0v) is 11.6. The summed E-state index contributed by atoms with van der Waals surface area (Å²) >= 11 is -1.48. The van der Waals surface area contributed by atoms with Gasteiger partial charge in [0, 0.05) is 0 Å². The monoisotopic (exact) mass is 304 g/mol. The fraction of sp³-hybridized carbons (Fsp3) is 0.429. The molecule has 1 atom stereocenters. The van der Waals surface area contributed by atoms with Crippen LogP contribution in [0, 0.1) is 13.8 Å². The summed E-state index contributed by atoms with van der Waals surface area (Å²) in [6.45, 7) is 5.08. The summed E-state index contributed by atoms with van der Waals surface area (Å²) in [7, 11) is 0. The molecule has 1 aliphatic rings. The number of H-pyrrole nitrogens is 2. The quantitative estimate of drug-likeness (QED) is 0.536. The van der Waals surface area contributed by atoms with E-state index in [1.807, 2.05) is 0 Å². The lowest BCUT2D eigenvalue weighted by Gasteiger charge is -1.83. The Hall–Kier alpha value is -2.41. The van der Waals surface area contributed by atoms with Gasteiger partial charge in [-0.3, -0.25) is 9.51 Å². The molecule has 0 bridgehead atoms. The second-order valence-corrected chi connectivity index (χ2v) is 4.00. The van der Waals surface area contributed by atoms with E-state index in [1.54, 1.807) is 20.8 Å². The Bertz CT molecular complexity index is 617. The summed E-state index contributed by atoms with van der Waals surface area (Å²) in [6.07, 6.45) is 0. The molecule has 0 aliphatic carbocycles. The number of aromatic amines is 2. The van der Waals surface area contributed by atoms with Gasteiger partial charge in [-0.15, -0.1) is 14.6 Å². The molecule has 110 valence electrons. The van der Waals surface area contributed by atoms with Gasteiger partial charge in [-0.05, 0) is 20.8 Å². The predicted molar refractivity (Wildman–Crippen MR) is 66.2 cm³/mol. The minimum atomic E-state index is -1.48. The third-order valence-corrected chi connectivity index (χ3v) is 2.12. The third kappa shape index (κ3) is 6.50. The lowest BCUT2D eigenvalue weighted by Crippen LogP contribution is -2.11. The summed E-state index contributed by atoms with van der Waals surface area (Å²) in [4.78, 5) is 12.3. The largest absolute Gasteiger partial charge is 0.438 e. The Morgan fingerprint density at radius 1 is 1.25 bits per heavy atom. The first-order valence-electron chi connectivity index (χ1n) is 5.10. The van der Waals surface area contributed by atoms with Crippen molar-refractivity contribution in [3.8, 4) is 0 Å². The summed E-state index contributed by atoms with van der Waals surface area (Å²) in [5, 5.41) is 16.0. The van der Waals surface area contributed by atoms with E-state index in [9.17, 15) is 9.00 Å². The molecule has 1 unspecified atom stereocenters. The second-order valence-electron chi connectivity index (χ2n) is 3.22. The maximum Gasteiger partial charge on any atom is 0.438 e. The maximum absolute atomic E-state index is 10.1. The smallest absolute Gasteiger partial charge is 0.296 e. The normalized spacial score (nSPS) is 16.1. The van der Waals surface area contributed by atoms with Crippen molar-refractivity contribution in [2.24, 2.45) is 4.40 Å². The van der Waals surface area contributed by atoms with Crippen LogP contribution in [0.25, 0.3) is 0 Å². The van der Waals surface area contributed by atoms with E-state index in [0.29, 0.717) is 17.5 Å². The van der Waals surface area contributed by atoms with E-state index >= 15 is 0 Å². The molecule has 2 aromatic rings. The van der Waals surface area contributed by atoms with Crippen molar-refractivity contribution in [1.29, 1.82) is 0 Å². The van der Waals surface area contributed by atoms with Crippen molar-refractivity contribution in [2.75, 3.05) is 0 Å². The molecule has 3 rings (SSSR count). The molecular formula is C7H12N8O4S. The number of rotatable bonds is 0. The number of hydrogen-bond acceptors (Lipinski definition) is 9. The van der Waals surface area contributed by atoms with Gasteiger partial charge in [0.15, 0.2) is 5.82 Å². The number of aromatic nitrogens is 6. The fourth-order valence-corrected chi connectivity index (χ4v) is 1.25. The van der Waals surface area contributed by atoms with Gasteiger partial charge in [0.1, 0.15) is 11.7 Å². The number of tetrazole rings is 1. The Labute approximate surface area is 114 Å². The number of aryl methyl sites for hydroxylation is 2. The molecule has 0 amide bonds. The molecule has 13 heteroatoms. The highest BCUT2D eigenvalue weighted by atomic mass is 32.2. The van der Waals surface area contributed by atoms with Crippen LogP contribution in [0.1, 0.15) is 18.6 Å². The van der Waals surface area contributed by atoms with Crippen molar-refractivity contribution >= 4 is 17.1 Å². The summed E-state index contributed by atoms with van der Waals surface area (Å²) in [6, 6.07) is 0. The molecule has 12 nitrogen and oxygen atoms in total. The summed E-state index contributed by atoms with van der Waals surface area (Å²) in [5.41, 5.74) is 2.32. The topological polar surface area (TPSA) is 164 Å². The number of amidine groups is 1. The molecule has 0 spiro atoms. The molecule has 0 fully saturated rings. The molecule has 20 heavy (non-hydrogen) atoms. The standard InChI is InChI=1S/C3H4N2O2.C2H4N4.C2H4N2O2S/c1-2-4-3(6)7-5-2;1-2-3-5-6-4-2;1-2-3-6-7(5)4-2/h1H3,(H,4,5,6);1H3,(H,3,4,5,6);1H3,(H,3,4). The van der Waals surface area contributed by atoms with Gasteiger partial charge >= 0.3 is 17.0 Å². The molecule has 0 radical (unpaired) electrons. The Balaban J connectivity index is 0.000000151. The third-order valence-electron chi connectivity index (χ3n) is 1.47. The van der Waals surface area contributed by atoms with Crippen LogP contribution in [0.15, 0.2) is 13.7 Å². The average Bonchev–Trinajstić information content (AvgIpc) is 3.07. The Morgan fingerprint density at radius 3 is 2.15 bits per heavy atom. The maximum atomic E-state index is 10.1. The van der Waals surface area contributed by atoms with Crippen LogP contribution in [0.2, 0.25) is 0 Å². The highest BCUT2D eigenvalue weighted by molar-refractivity contribution is 7.79. The molecule has 0 saturated heterocycles. The van der Waals surface area contributed by atoms with Crippen LogP contribution >= 0.6 is 0 Å². The van der Waals surface area contributed by atoms with Gasteiger partial charge in [-0.2, -0.15) is 9.50 Å². The zero-order valence-electron chi connectivity index (χ0n) is 10.8. The molecular weight excluding hydrogens is 292 g/mol. The van der Waals surface area contributed by atoms with Gasteiger partial charge in [0.05, 0.1) is 0 Å². The van der Waals surface area contributed by atoms with Crippen molar-refractivity contribution in [1.82, 2.24) is 36.2 Å². The molecule has 3 heterocycles. The number of hydroxylamine groups is 1. The SMILES string of the molecule is CC1=NS(=O)ON1.Cc1nn[nH]n1.Cc1noc(=O)[nH]1. The van der Waals surface area contributed by atoms with Crippen LogP contribution in [0.3, 0.4) is 0 Å². The van der Waals surface area contributed by atoms with Crippen molar-refractivity contribution in [3.63, 3.8) is 0 Å². The lowest BCUT2D eigenvalue weighted by molar-refractivity contribution is 0.304. The van der Waals surface area contributed by atoms with Gasteiger partial charge in [0.25, 0.3) is 0 Å². The first-order valence-corrected chi connectivity index (χ1v) is 6.13. The second kappa shape index (κ2) is 7.90. The summed E-state index contributed by atoms with van der Waals surface area (Å²) < 4.78 is 21.9. The van der Waals surface area contributed by atoms with Crippen molar-refractivity contribution in [3.05, 3.63) is 22.2 Å². The number of hydrogen-bond donors (Lipinski definition) is 3. The van der Waals surface area contributed by atoms with E-state index in [-0.39, 0.29) is 0 Å². The van der Waals surface area contributed by atoms with Crippen LogP contribution in [0.5, 0.6) is 0 Å². The van der Waals surface area contributed by atoms with Crippen molar-refractivity contribution in [2.45, 2.75) is 20.8 Å². The van der Waals surface area contributed by atoms with E-state index in [1.165, 1.54) is 0 Å². The highest BCUT2D eigenvalue weighted by Gasteiger charge is 2.05. The van der Waals surface area contributed by atoms with Gasteiger partial charge in [0.2, 0.25) is 0 Å². The Morgan fingerprint density at radius 2 is 2.00 bits per heavy atom. The minimum Gasteiger partial charge on any atom is -0.296 e. The minimum absolute atomic E-state index is 0.502. The Kier molecular flexibility index (Phi) is 6.18. The highest BCUT2D eigenvalue weighted by Crippen LogP contribution is 1.92. The predicted octanol–water partition coefficient (Wildman–Crippen LogP) is -1.30. The van der Waals surface area contributed by atoms with E-state index in [2.05, 4.69) is 49.4 Å². The lowest BCUT2D eigenvalue weighted by atomic mass is 10.7. The van der Waals surface area contributed by atoms with Gasteiger partial charge in [-0.25, -0.2) is 14.5 Å². The van der Waals surface area contributed by atoms with Crippen LogP contribution in [-0.2, 0) is 15.6 Å². The first kappa shape index (κ1) is 15.6. The van der Waals surface area contributed by atoms with Crippen molar-refractivity contribution < 1.29 is 13.0 Å². The molecule has 0 saturated carbocycles. The average molecular weight is 304 g/mol. The van der Waals surface area contributed by atoms with Crippen LogP contribution in [-0.4, -0.2) is 40.8 Å². The molecule has 3 N–H and O–H groups in total. The van der Waals surface area contributed by atoms with Crippen LogP contribution < -0.4 is 11.2 Å².